The van der Waals surface area contributed by atoms with Gasteiger partial charge in [0.1, 0.15) is 11.4 Å². The van der Waals surface area contributed by atoms with Crippen LogP contribution in [0.3, 0.4) is 0 Å². The Morgan fingerprint density at radius 1 is 1.15 bits per heavy atom. The van der Waals surface area contributed by atoms with E-state index < -0.39 is 6.61 Å². The number of hydrogen-bond acceptors (Lipinski definition) is 6. The van der Waals surface area contributed by atoms with Crippen molar-refractivity contribution < 1.29 is 18.3 Å². The van der Waals surface area contributed by atoms with Crippen LogP contribution in [0.1, 0.15) is 16.1 Å². The van der Waals surface area contributed by atoms with Crippen LogP contribution >= 0.6 is 11.3 Å². The zero-order chi connectivity index (χ0) is 18.4. The number of alkyl halides is 2. The van der Waals surface area contributed by atoms with Gasteiger partial charge in [0.25, 0.3) is 5.91 Å². The number of nitrogens with one attached hydrogen (secondary N) is 2. The number of rotatable bonds is 7. The second-order valence-corrected chi connectivity index (χ2v) is 5.96. The van der Waals surface area contributed by atoms with Crippen molar-refractivity contribution in [3.05, 3.63) is 65.4 Å². The zero-order valence-corrected chi connectivity index (χ0v) is 14.2. The van der Waals surface area contributed by atoms with E-state index in [1.165, 1.54) is 23.5 Å². The smallest absolute Gasteiger partial charge is 0.387 e. The van der Waals surface area contributed by atoms with E-state index in [0.29, 0.717) is 23.1 Å². The minimum Gasteiger partial charge on any atom is -0.435 e. The van der Waals surface area contributed by atoms with Crippen molar-refractivity contribution in [2.45, 2.75) is 13.2 Å². The Bertz CT molecular complexity index is 857. The van der Waals surface area contributed by atoms with Gasteiger partial charge in [0.2, 0.25) is 0 Å². The lowest BCUT2D eigenvalue weighted by Crippen LogP contribution is -2.23. The van der Waals surface area contributed by atoms with E-state index in [1.807, 2.05) is 12.1 Å². The third kappa shape index (κ3) is 4.96. The summed E-state index contributed by atoms with van der Waals surface area (Å²) in [7, 11) is 0. The molecule has 0 saturated heterocycles. The highest BCUT2D eigenvalue weighted by molar-refractivity contribution is 7.14. The Hall–Kier alpha value is -3.07. The van der Waals surface area contributed by atoms with Gasteiger partial charge in [-0.05, 0) is 42.0 Å². The molecule has 0 aliphatic rings. The Labute approximate surface area is 151 Å². The van der Waals surface area contributed by atoms with Gasteiger partial charge in [-0.3, -0.25) is 9.78 Å². The van der Waals surface area contributed by atoms with Gasteiger partial charge in [-0.25, -0.2) is 4.98 Å². The fraction of sp³-hybridized carbons (Fsp3) is 0.118. The van der Waals surface area contributed by atoms with Crippen molar-refractivity contribution in [1.29, 1.82) is 0 Å². The Balaban J connectivity index is 1.56. The van der Waals surface area contributed by atoms with E-state index in [1.54, 1.807) is 29.9 Å². The van der Waals surface area contributed by atoms with Gasteiger partial charge in [-0.2, -0.15) is 8.78 Å². The highest BCUT2D eigenvalue weighted by atomic mass is 32.1. The van der Waals surface area contributed by atoms with Crippen LogP contribution in [0.2, 0.25) is 0 Å². The van der Waals surface area contributed by atoms with Crippen molar-refractivity contribution in [2.24, 2.45) is 0 Å². The Morgan fingerprint density at radius 3 is 2.58 bits per heavy atom. The van der Waals surface area contributed by atoms with Crippen LogP contribution in [-0.2, 0) is 6.54 Å². The summed E-state index contributed by atoms with van der Waals surface area (Å²) < 4.78 is 28.5. The zero-order valence-electron chi connectivity index (χ0n) is 13.4. The van der Waals surface area contributed by atoms with E-state index in [-0.39, 0.29) is 11.7 Å². The number of nitrogens with zero attached hydrogens (tertiary/aromatic N) is 2. The van der Waals surface area contributed by atoms with Crippen LogP contribution in [-0.4, -0.2) is 22.5 Å². The first-order valence-corrected chi connectivity index (χ1v) is 8.42. The maximum atomic E-state index is 12.1. The number of amides is 1. The van der Waals surface area contributed by atoms with Gasteiger partial charge in [0, 0.05) is 30.0 Å². The number of thiazole rings is 1. The standard InChI is InChI=1S/C17H14F2N4O2S/c18-16(19)25-13-3-1-12(2-4-13)22-17-23-14(10-26-17)15(24)21-9-11-5-7-20-8-6-11/h1-8,10,16H,9H2,(H,21,24)(H,22,23). The van der Waals surface area contributed by atoms with E-state index >= 15 is 0 Å². The molecule has 3 aromatic rings. The molecule has 0 unspecified atom stereocenters. The second-order valence-electron chi connectivity index (χ2n) is 5.10. The number of anilines is 2. The van der Waals surface area contributed by atoms with Gasteiger partial charge in [-0.15, -0.1) is 11.3 Å². The molecule has 134 valence electrons. The lowest BCUT2D eigenvalue weighted by atomic mass is 10.2. The maximum Gasteiger partial charge on any atom is 0.387 e. The Morgan fingerprint density at radius 2 is 1.88 bits per heavy atom. The predicted octanol–water partition coefficient (Wildman–Crippen LogP) is 3.81. The lowest BCUT2D eigenvalue weighted by molar-refractivity contribution is -0.0498. The van der Waals surface area contributed by atoms with Crippen LogP contribution in [0.5, 0.6) is 5.75 Å². The van der Waals surface area contributed by atoms with Gasteiger partial charge in [0.05, 0.1) is 0 Å². The topological polar surface area (TPSA) is 76.1 Å². The van der Waals surface area contributed by atoms with Crippen LogP contribution in [0.4, 0.5) is 19.6 Å². The highest BCUT2D eigenvalue weighted by Gasteiger charge is 2.11. The summed E-state index contributed by atoms with van der Waals surface area (Å²) in [5.74, 6) is -0.215. The molecule has 0 aliphatic heterocycles. The average molecular weight is 376 g/mol. The molecule has 0 aliphatic carbocycles. The van der Waals surface area contributed by atoms with E-state index in [0.717, 1.165) is 5.56 Å². The number of aromatic nitrogens is 2. The average Bonchev–Trinajstić information content (AvgIpc) is 3.10. The normalized spacial score (nSPS) is 10.6. The van der Waals surface area contributed by atoms with E-state index in [9.17, 15) is 13.6 Å². The van der Waals surface area contributed by atoms with Crippen molar-refractivity contribution in [1.82, 2.24) is 15.3 Å². The third-order valence-electron chi connectivity index (χ3n) is 3.27. The summed E-state index contributed by atoms with van der Waals surface area (Å²) in [6.45, 7) is -2.48. The van der Waals surface area contributed by atoms with Gasteiger partial charge >= 0.3 is 6.61 Å². The van der Waals surface area contributed by atoms with Crippen LogP contribution in [0.25, 0.3) is 0 Å². The number of halogens is 2. The highest BCUT2D eigenvalue weighted by Crippen LogP contribution is 2.23. The van der Waals surface area contributed by atoms with Crippen molar-refractivity contribution in [3.63, 3.8) is 0 Å². The number of carbonyl (C=O) groups is 1. The van der Waals surface area contributed by atoms with Crippen LogP contribution < -0.4 is 15.4 Å². The molecule has 6 nitrogen and oxygen atoms in total. The van der Waals surface area contributed by atoms with Crippen molar-refractivity contribution in [2.75, 3.05) is 5.32 Å². The molecular weight excluding hydrogens is 362 g/mol. The summed E-state index contributed by atoms with van der Waals surface area (Å²) in [6, 6.07) is 9.64. The molecule has 2 heterocycles. The molecule has 3 rings (SSSR count). The third-order valence-corrected chi connectivity index (χ3v) is 4.03. The van der Waals surface area contributed by atoms with Crippen molar-refractivity contribution >= 4 is 28.1 Å². The van der Waals surface area contributed by atoms with E-state index in [2.05, 4.69) is 25.3 Å². The summed E-state index contributed by atoms with van der Waals surface area (Å²) in [5.41, 5.74) is 1.88. The summed E-state index contributed by atoms with van der Waals surface area (Å²) in [6.07, 6.45) is 3.31. The maximum absolute atomic E-state index is 12.1. The first kappa shape index (κ1) is 17.7. The number of hydrogen-bond donors (Lipinski definition) is 2. The molecule has 1 aromatic carbocycles. The lowest BCUT2D eigenvalue weighted by Gasteiger charge is -2.06. The van der Waals surface area contributed by atoms with E-state index in [4.69, 9.17) is 0 Å². The predicted molar refractivity (Wildman–Crippen MR) is 93.9 cm³/mol. The quantitative estimate of drug-likeness (QED) is 0.656. The van der Waals surface area contributed by atoms with Gasteiger partial charge < -0.3 is 15.4 Å². The summed E-state index contributed by atoms with van der Waals surface area (Å²) >= 11 is 1.26. The molecule has 0 radical (unpaired) electrons. The molecule has 0 fully saturated rings. The first-order chi connectivity index (χ1) is 12.6. The minimum atomic E-state index is -2.86. The minimum absolute atomic E-state index is 0.0702. The molecular formula is C17H14F2N4O2S. The fourth-order valence-corrected chi connectivity index (χ4v) is 2.76. The largest absolute Gasteiger partial charge is 0.435 e. The molecule has 0 atom stereocenters. The number of benzene rings is 1. The molecule has 2 N–H and O–H groups in total. The molecule has 26 heavy (non-hydrogen) atoms. The molecule has 2 aromatic heterocycles. The molecule has 0 saturated carbocycles. The van der Waals surface area contributed by atoms with Gasteiger partial charge in [-0.1, -0.05) is 0 Å². The SMILES string of the molecule is O=C(NCc1ccncc1)c1csc(Nc2ccc(OC(F)F)cc2)n1. The Kier molecular flexibility index (Phi) is 5.69. The molecule has 1 amide bonds. The van der Waals surface area contributed by atoms with Crippen LogP contribution in [0.15, 0.2) is 54.2 Å². The fourth-order valence-electron chi connectivity index (χ4n) is 2.05. The monoisotopic (exact) mass is 376 g/mol. The first-order valence-electron chi connectivity index (χ1n) is 7.54. The molecule has 0 bridgehead atoms. The van der Waals surface area contributed by atoms with Crippen LogP contribution in [0, 0.1) is 0 Å². The summed E-state index contributed by atoms with van der Waals surface area (Å²) in [4.78, 5) is 20.3. The molecule has 9 heteroatoms. The summed E-state index contributed by atoms with van der Waals surface area (Å²) in [5, 5.41) is 7.94. The van der Waals surface area contributed by atoms with Gasteiger partial charge in [0.15, 0.2) is 5.13 Å². The second kappa shape index (κ2) is 8.34. The van der Waals surface area contributed by atoms with Crippen molar-refractivity contribution in [3.8, 4) is 5.75 Å². The number of pyridine rings is 1. The molecule has 0 spiro atoms. The number of ether oxygens (including phenoxy) is 1. The number of carbonyl (C=O) groups excluding carboxylic acids is 1.